The van der Waals surface area contributed by atoms with E-state index in [-0.39, 0.29) is 6.42 Å². The first-order chi connectivity index (χ1) is 9.25. The minimum atomic E-state index is -0.806. The smallest absolute Gasteiger partial charge is 0.307 e. The topological polar surface area (TPSA) is 37.3 Å². The minimum Gasteiger partial charge on any atom is -0.481 e. The Morgan fingerprint density at radius 3 is 2.74 bits per heavy atom. The first-order valence-corrected chi connectivity index (χ1v) is 6.86. The van der Waals surface area contributed by atoms with Crippen molar-refractivity contribution in [3.63, 3.8) is 0 Å². The summed E-state index contributed by atoms with van der Waals surface area (Å²) in [5.74, 6) is -0.806. The molecule has 2 nitrogen and oxygen atoms in total. The first kappa shape index (κ1) is 11.9. The lowest BCUT2D eigenvalue weighted by Crippen LogP contribution is -1.89. The van der Waals surface area contributed by atoms with Crippen LogP contribution in [0, 0.1) is 0 Å². The SMILES string of the molecule is O=C(O)CC=Cc1cccc2c1sc1ccccc12. The average Bonchev–Trinajstić information content (AvgIpc) is 2.78. The molecule has 0 aliphatic heterocycles. The molecule has 0 spiro atoms. The number of aliphatic carboxylic acids is 1. The third-order valence-corrected chi connectivity index (χ3v) is 4.26. The molecule has 0 unspecified atom stereocenters. The molecule has 0 saturated heterocycles. The molecule has 2 aromatic carbocycles. The number of fused-ring (bicyclic) bond motifs is 3. The van der Waals surface area contributed by atoms with Crippen LogP contribution in [0.25, 0.3) is 26.2 Å². The second kappa shape index (κ2) is 4.86. The van der Waals surface area contributed by atoms with E-state index in [2.05, 4.69) is 18.2 Å². The summed E-state index contributed by atoms with van der Waals surface area (Å²) in [6, 6.07) is 14.5. The molecule has 1 aromatic heterocycles. The lowest BCUT2D eigenvalue weighted by atomic mass is 10.1. The average molecular weight is 268 g/mol. The zero-order chi connectivity index (χ0) is 13.2. The maximum atomic E-state index is 10.5. The van der Waals surface area contributed by atoms with Crippen LogP contribution in [-0.2, 0) is 4.79 Å². The molecule has 19 heavy (non-hydrogen) atoms. The Morgan fingerprint density at radius 2 is 1.89 bits per heavy atom. The van der Waals surface area contributed by atoms with Gasteiger partial charge in [-0.15, -0.1) is 11.3 Å². The van der Waals surface area contributed by atoms with Gasteiger partial charge < -0.3 is 5.11 Å². The van der Waals surface area contributed by atoms with Gasteiger partial charge in [0, 0.05) is 20.2 Å². The zero-order valence-electron chi connectivity index (χ0n) is 10.2. The Labute approximate surface area is 114 Å². The number of carbonyl (C=O) groups is 1. The number of carboxylic acid groups (broad SMARTS) is 1. The molecule has 0 radical (unpaired) electrons. The molecule has 0 bridgehead atoms. The Bertz CT molecular complexity index is 784. The lowest BCUT2D eigenvalue weighted by Gasteiger charge is -1.96. The van der Waals surface area contributed by atoms with Crippen molar-refractivity contribution < 1.29 is 9.90 Å². The van der Waals surface area contributed by atoms with Gasteiger partial charge in [-0.25, -0.2) is 0 Å². The molecule has 0 saturated carbocycles. The third-order valence-electron chi connectivity index (χ3n) is 3.02. The van der Waals surface area contributed by atoms with Crippen molar-refractivity contribution in [3.8, 4) is 0 Å². The summed E-state index contributed by atoms with van der Waals surface area (Å²) in [7, 11) is 0. The zero-order valence-corrected chi connectivity index (χ0v) is 11.0. The van der Waals surface area contributed by atoms with E-state index in [4.69, 9.17) is 5.11 Å². The van der Waals surface area contributed by atoms with Crippen molar-refractivity contribution in [1.82, 2.24) is 0 Å². The number of thiophene rings is 1. The predicted molar refractivity (Wildman–Crippen MR) is 80.6 cm³/mol. The van der Waals surface area contributed by atoms with Crippen LogP contribution in [0.5, 0.6) is 0 Å². The van der Waals surface area contributed by atoms with Crippen molar-refractivity contribution in [2.24, 2.45) is 0 Å². The van der Waals surface area contributed by atoms with Crippen molar-refractivity contribution in [2.75, 3.05) is 0 Å². The second-order valence-corrected chi connectivity index (χ2v) is 5.37. The number of carboxylic acids is 1. The summed E-state index contributed by atoms with van der Waals surface area (Å²) >= 11 is 1.75. The van der Waals surface area contributed by atoms with Gasteiger partial charge in [0.25, 0.3) is 0 Å². The van der Waals surface area contributed by atoms with E-state index in [1.54, 1.807) is 17.4 Å². The third kappa shape index (κ3) is 2.25. The summed E-state index contributed by atoms with van der Waals surface area (Å²) < 4.78 is 2.47. The first-order valence-electron chi connectivity index (χ1n) is 6.04. The predicted octanol–water partition coefficient (Wildman–Crippen LogP) is 4.54. The standard InChI is InChI=1S/C16H12O2S/c17-15(18)10-4-6-11-5-3-8-13-12-7-1-2-9-14(12)19-16(11)13/h1-9H,10H2,(H,17,18). The van der Waals surface area contributed by atoms with E-state index in [1.807, 2.05) is 30.3 Å². The van der Waals surface area contributed by atoms with Crippen LogP contribution in [0.2, 0.25) is 0 Å². The van der Waals surface area contributed by atoms with Crippen LogP contribution in [0.15, 0.2) is 48.5 Å². The summed E-state index contributed by atoms with van der Waals surface area (Å²) in [5, 5.41) is 11.2. The maximum Gasteiger partial charge on any atom is 0.307 e. The van der Waals surface area contributed by atoms with Gasteiger partial charge >= 0.3 is 5.97 Å². The van der Waals surface area contributed by atoms with Gasteiger partial charge in [0.1, 0.15) is 0 Å². The molecule has 0 atom stereocenters. The van der Waals surface area contributed by atoms with Crippen LogP contribution in [0.4, 0.5) is 0 Å². The molecule has 0 fully saturated rings. The lowest BCUT2D eigenvalue weighted by molar-refractivity contribution is -0.135. The summed E-state index contributed by atoms with van der Waals surface area (Å²) in [6.45, 7) is 0. The normalized spacial score (nSPS) is 11.6. The fourth-order valence-electron chi connectivity index (χ4n) is 2.19. The molecular weight excluding hydrogens is 256 g/mol. The molecule has 3 aromatic rings. The van der Waals surface area contributed by atoms with Crippen LogP contribution in [0.3, 0.4) is 0 Å². The minimum absolute atomic E-state index is 0.0568. The Hall–Kier alpha value is -2.13. The molecule has 1 N–H and O–H groups in total. The fourth-order valence-corrected chi connectivity index (χ4v) is 3.38. The summed E-state index contributed by atoms with van der Waals surface area (Å²) in [4.78, 5) is 10.5. The van der Waals surface area contributed by atoms with Gasteiger partial charge in [-0.05, 0) is 11.6 Å². The van der Waals surface area contributed by atoms with Gasteiger partial charge in [-0.3, -0.25) is 4.79 Å². The molecule has 3 heteroatoms. The monoisotopic (exact) mass is 268 g/mol. The number of benzene rings is 2. The molecule has 1 heterocycles. The van der Waals surface area contributed by atoms with Gasteiger partial charge in [-0.1, -0.05) is 48.6 Å². The van der Waals surface area contributed by atoms with Gasteiger partial charge in [-0.2, -0.15) is 0 Å². The van der Waals surface area contributed by atoms with Crippen molar-refractivity contribution in [2.45, 2.75) is 6.42 Å². The van der Waals surface area contributed by atoms with Crippen molar-refractivity contribution in [1.29, 1.82) is 0 Å². The molecular formula is C16H12O2S. The quantitative estimate of drug-likeness (QED) is 0.757. The Balaban J connectivity index is 2.15. The van der Waals surface area contributed by atoms with Gasteiger partial charge in [0.15, 0.2) is 0 Å². The van der Waals surface area contributed by atoms with E-state index < -0.39 is 5.97 Å². The molecule has 94 valence electrons. The molecule has 0 aliphatic rings. The van der Waals surface area contributed by atoms with Crippen LogP contribution >= 0.6 is 11.3 Å². The number of hydrogen-bond acceptors (Lipinski definition) is 2. The highest BCUT2D eigenvalue weighted by atomic mass is 32.1. The van der Waals surface area contributed by atoms with Crippen LogP contribution < -0.4 is 0 Å². The highest BCUT2D eigenvalue weighted by molar-refractivity contribution is 7.26. The fraction of sp³-hybridized carbons (Fsp3) is 0.0625. The maximum absolute atomic E-state index is 10.5. The summed E-state index contributed by atoms with van der Waals surface area (Å²) in [5.41, 5.74) is 1.08. The van der Waals surface area contributed by atoms with Crippen LogP contribution in [-0.4, -0.2) is 11.1 Å². The Kier molecular flexibility index (Phi) is 3.05. The molecule has 3 rings (SSSR count). The number of hydrogen-bond donors (Lipinski definition) is 1. The van der Waals surface area contributed by atoms with Crippen molar-refractivity contribution >= 4 is 43.6 Å². The van der Waals surface area contributed by atoms with Crippen molar-refractivity contribution in [3.05, 3.63) is 54.1 Å². The number of rotatable bonds is 3. The van der Waals surface area contributed by atoms with Crippen LogP contribution in [0.1, 0.15) is 12.0 Å². The van der Waals surface area contributed by atoms with E-state index in [9.17, 15) is 4.79 Å². The highest BCUT2D eigenvalue weighted by Crippen LogP contribution is 2.36. The van der Waals surface area contributed by atoms with E-state index in [0.717, 1.165) is 5.56 Å². The largest absolute Gasteiger partial charge is 0.481 e. The van der Waals surface area contributed by atoms with E-state index >= 15 is 0 Å². The Morgan fingerprint density at radius 1 is 1.11 bits per heavy atom. The van der Waals surface area contributed by atoms with E-state index in [1.165, 1.54) is 20.2 Å². The highest BCUT2D eigenvalue weighted by Gasteiger charge is 2.06. The molecule has 0 amide bonds. The van der Waals surface area contributed by atoms with E-state index in [0.29, 0.717) is 0 Å². The van der Waals surface area contributed by atoms with Gasteiger partial charge in [0.2, 0.25) is 0 Å². The second-order valence-electron chi connectivity index (χ2n) is 4.32. The van der Waals surface area contributed by atoms with Gasteiger partial charge in [0.05, 0.1) is 6.42 Å². The molecule has 0 aliphatic carbocycles. The summed E-state index contributed by atoms with van der Waals surface area (Å²) in [6.07, 6.45) is 3.65.